The number of nitrogens with one attached hydrogen (secondary N) is 2. The van der Waals surface area contributed by atoms with Gasteiger partial charge in [-0.15, -0.1) is 24.0 Å². The summed E-state index contributed by atoms with van der Waals surface area (Å²) in [5, 5.41) is 6.68. The van der Waals surface area contributed by atoms with E-state index < -0.39 is 0 Å². The van der Waals surface area contributed by atoms with Gasteiger partial charge in [-0.3, -0.25) is 4.99 Å². The van der Waals surface area contributed by atoms with Gasteiger partial charge in [0.1, 0.15) is 6.61 Å². The molecule has 0 saturated heterocycles. The Kier molecular flexibility index (Phi) is 14.9. The van der Waals surface area contributed by atoms with Crippen LogP contribution in [0.2, 0.25) is 0 Å². The molecule has 0 heterocycles. The lowest BCUT2D eigenvalue weighted by molar-refractivity contribution is 0.0205. The van der Waals surface area contributed by atoms with E-state index in [0.29, 0.717) is 19.7 Å². The molecule has 0 aromatic heterocycles. The average Bonchev–Trinajstić information content (AvgIpc) is 2.73. The van der Waals surface area contributed by atoms with Gasteiger partial charge in [0, 0.05) is 33.8 Å². The molecule has 0 aliphatic carbocycles. The van der Waals surface area contributed by atoms with Gasteiger partial charge >= 0.3 is 0 Å². The summed E-state index contributed by atoms with van der Waals surface area (Å²) in [7, 11) is 5.18. The van der Waals surface area contributed by atoms with Crippen molar-refractivity contribution in [3.8, 4) is 11.5 Å². The molecule has 0 spiro atoms. The largest absolute Gasteiger partial charge is 0.493 e. The number of halogens is 1. The summed E-state index contributed by atoms with van der Waals surface area (Å²) < 4.78 is 17.1. The molecule has 1 atom stereocenters. The smallest absolute Gasteiger partial charge is 0.191 e. The number of aliphatic imine (C=N–C) groups is 1. The number of ether oxygens (including phenoxy) is 3. The maximum atomic E-state index is 5.94. The highest BCUT2D eigenvalue weighted by molar-refractivity contribution is 14.0. The molecule has 0 fully saturated rings. The maximum Gasteiger partial charge on any atom is 0.191 e. The van der Waals surface area contributed by atoms with Crippen molar-refractivity contribution in [1.82, 2.24) is 15.5 Å². The fraction of sp³-hybridized carbons (Fsp3) is 0.696. The lowest BCUT2D eigenvalue weighted by Crippen LogP contribution is -2.45. The summed E-state index contributed by atoms with van der Waals surface area (Å²) in [5.74, 6) is 2.24. The minimum atomic E-state index is 0. The molecule has 1 unspecified atom stereocenters. The van der Waals surface area contributed by atoms with Crippen molar-refractivity contribution in [2.45, 2.75) is 47.3 Å². The summed E-state index contributed by atoms with van der Waals surface area (Å²) in [5.41, 5.74) is 1.14. The van der Waals surface area contributed by atoms with Gasteiger partial charge in [0.05, 0.1) is 13.2 Å². The topological polar surface area (TPSA) is 67.4 Å². The third-order valence-corrected chi connectivity index (χ3v) is 5.18. The van der Waals surface area contributed by atoms with Crippen LogP contribution in [0.5, 0.6) is 11.5 Å². The highest BCUT2D eigenvalue weighted by Crippen LogP contribution is 2.28. The maximum absolute atomic E-state index is 5.94. The van der Waals surface area contributed by atoms with E-state index in [1.165, 1.54) is 0 Å². The highest BCUT2D eigenvalue weighted by Gasteiger charge is 2.24. The Morgan fingerprint density at radius 3 is 2.29 bits per heavy atom. The number of methoxy groups -OCH3 is 2. The van der Waals surface area contributed by atoms with Crippen molar-refractivity contribution in [3.05, 3.63) is 23.8 Å². The van der Waals surface area contributed by atoms with Crippen LogP contribution in [0.15, 0.2) is 23.2 Å². The van der Waals surface area contributed by atoms with E-state index in [1.807, 2.05) is 18.2 Å². The van der Waals surface area contributed by atoms with Gasteiger partial charge in [0.2, 0.25) is 0 Å². The third-order valence-electron chi connectivity index (χ3n) is 5.18. The summed E-state index contributed by atoms with van der Waals surface area (Å²) in [6.45, 7) is 15.7. The van der Waals surface area contributed by atoms with Crippen LogP contribution < -0.4 is 20.1 Å². The normalized spacial score (nSPS) is 12.9. The van der Waals surface area contributed by atoms with Gasteiger partial charge in [-0.25, -0.2) is 0 Å². The van der Waals surface area contributed by atoms with Gasteiger partial charge < -0.3 is 29.7 Å². The number of benzene rings is 1. The first-order valence-corrected chi connectivity index (χ1v) is 10.8. The summed E-state index contributed by atoms with van der Waals surface area (Å²) in [4.78, 5) is 6.63. The first-order chi connectivity index (χ1) is 14.3. The van der Waals surface area contributed by atoms with Crippen molar-refractivity contribution in [2.24, 2.45) is 10.4 Å². The van der Waals surface area contributed by atoms with E-state index in [9.17, 15) is 0 Å². The van der Waals surface area contributed by atoms with Crippen molar-refractivity contribution in [2.75, 3.05) is 54.1 Å². The van der Waals surface area contributed by atoms with Gasteiger partial charge in [0.15, 0.2) is 17.5 Å². The zero-order valence-electron chi connectivity index (χ0n) is 20.6. The van der Waals surface area contributed by atoms with Crippen molar-refractivity contribution < 1.29 is 14.2 Å². The Morgan fingerprint density at radius 2 is 1.77 bits per heavy atom. The van der Waals surface area contributed by atoms with Gasteiger partial charge in [-0.2, -0.15) is 0 Å². The van der Waals surface area contributed by atoms with Crippen LogP contribution in [-0.2, 0) is 11.3 Å². The highest BCUT2D eigenvalue weighted by atomic mass is 127. The molecule has 0 saturated carbocycles. The molecule has 31 heavy (non-hydrogen) atoms. The van der Waals surface area contributed by atoms with E-state index >= 15 is 0 Å². The van der Waals surface area contributed by atoms with E-state index in [1.54, 1.807) is 21.3 Å². The zero-order chi connectivity index (χ0) is 22.6. The molecule has 1 aromatic rings. The predicted octanol–water partition coefficient (Wildman–Crippen LogP) is 3.76. The lowest BCUT2D eigenvalue weighted by atomic mass is 9.89. The molecular weight excluding hydrogens is 507 g/mol. The molecular formula is C23H43IN4O3. The first-order valence-electron chi connectivity index (χ1n) is 10.8. The van der Waals surface area contributed by atoms with Crippen LogP contribution in [-0.4, -0.2) is 71.0 Å². The monoisotopic (exact) mass is 550 g/mol. The molecule has 2 N–H and O–H groups in total. The Balaban J connectivity index is 0.00000900. The number of hydrogen-bond acceptors (Lipinski definition) is 5. The number of likely N-dealkylation sites (N-methyl/N-ethyl adjacent to an activating group) is 1. The lowest BCUT2D eigenvalue weighted by Gasteiger charge is -2.30. The van der Waals surface area contributed by atoms with Gasteiger partial charge in [-0.1, -0.05) is 40.7 Å². The van der Waals surface area contributed by atoms with Crippen molar-refractivity contribution in [3.63, 3.8) is 0 Å². The van der Waals surface area contributed by atoms with Gasteiger partial charge in [0.25, 0.3) is 0 Å². The molecule has 0 amide bonds. The van der Waals surface area contributed by atoms with Crippen LogP contribution >= 0.6 is 24.0 Å². The summed E-state index contributed by atoms with van der Waals surface area (Å²) in [6.07, 6.45) is 0.0870. The molecule has 1 aromatic carbocycles. The van der Waals surface area contributed by atoms with Crippen molar-refractivity contribution in [1.29, 1.82) is 0 Å². The van der Waals surface area contributed by atoms with E-state index in [0.717, 1.165) is 42.7 Å². The minimum Gasteiger partial charge on any atom is -0.493 e. The van der Waals surface area contributed by atoms with Crippen LogP contribution in [0.3, 0.4) is 0 Å². The second-order valence-electron chi connectivity index (χ2n) is 8.26. The van der Waals surface area contributed by atoms with Crippen LogP contribution in [0.25, 0.3) is 0 Å². The summed E-state index contributed by atoms with van der Waals surface area (Å²) >= 11 is 0. The Labute approximate surface area is 206 Å². The first kappa shape index (κ1) is 29.7. The quantitative estimate of drug-likeness (QED) is 0.235. The van der Waals surface area contributed by atoms with Crippen LogP contribution in [0, 0.1) is 5.41 Å². The van der Waals surface area contributed by atoms with Crippen LogP contribution in [0.4, 0.5) is 0 Å². The SMILES string of the molecule is CCN(CC)CCOc1ccc(CNC(=NC)NCC(OC)C(C)(C)C)cc1OC.I. The molecule has 7 nitrogen and oxygen atoms in total. The predicted molar refractivity (Wildman–Crippen MR) is 140 cm³/mol. The number of rotatable bonds is 12. The average molecular weight is 551 g/mol. The molecule has 180 valence electrons. The minimum absolute atomic E-state index is 0. The zero-order valence-corrected chi connectivity index (χ0v) is 22.9. The van der Waals surface area contributed by atoms with Crippen molar-refractivity contribution >= 4 is 29.9 Å². The van der Waals surface area contributed by atoms with E-state index in [4.69, 9.17) is 14.2 Å². The molecule has 0 aliphatic rings. The van der Waals surface area contributed by atoms with E-state index in [2.05, 4.69) is 55.1 Å². The molecule has 0 aliphatic heterocycles. The second kappa shape index (κ2) is 15.5. The standard InChI is InChI=1S/C23H42N4O3.HI/c1-9-27(10-2)13-14-30-19-12-11-18(15-20(19)28-7)16-25-22(24-6)26-17-21(29-8)23(3,4)5;/h11-12,15,21H,9-10,13-14,16-17H2,1-8H3,(H2,24,25,26);1H. The fourth-order valence-corrected chi connectivity index (χ4v) is 3.10. The molecule has 0 radical (unpaired) electrons. The van der Waals surface area contributed by atoms with E-state index in [-0.39, 0.29) is 35.5 Å². The Hall–Kier alpha value is -1.26. The molecule has 0 bridgehead atoms. The third kappa shape index (κ3) is 10.7. The summed E-state index contributed by atoms with van der Waals surface area (Å²) in [6, 6.07) is 6.01. The number of hydrogen-bond donors (Lipinski definition) is 2. The Morgan fingerprint density at radius 1 is 1.10 bits per heavy atom. The number of guanidine groups is 1. The molecule has 1 rings (SSSR count). The number of nitrogens with zero attached hydrogens (tertiary/aromatic N) is 2. The van der Waals surface area contributed by atoms with Crippen LogP contribution in [0.1, 0.15) is 40.2 Å². The second-order valence-corrected chi connectivity index (χ2v) is 8.26. The van der Waals surface area contributed by atoms with Gasteiger partial charge in [-0.05, 0) is 36.2 Å². The fourth-order valence-electron chi connectivity index (χ4n) is 3.10. The Bertz CT molecular complexity index is 646. The molecule has 8 heteroatoms.